The maximum Gasteiger partial charge on any atom is 0.234 e. The van der Waals surface area contributed by atoms with Crippen LogP contribution in [0.1, 0.15) is 40.0 Å². The zero-order chi connectivity index (χ0) is 13.4. The van der Waals surface area contributed by atoms with Gasteiger partial charge in [-0.1, -0.05) is 20.8 Å². The summed E-state index contributed by atoms with van der Waals surface area (Å²) in [5.74, 6) is 0.697. The lowest BCUT2D eigenvalue weighted by Crippen LogP contribution is -2.47. The van der Waals surface area contributed by atoms with Crippen LogP contribution >= 0.6 is 0 Å². The van der Waals surface area contributed by atoms with Gasteiger partial charge in [0.2, 0.25) is 5.91 Å². The molecule has 0 spiro atoms. The monoisotopic (exact) mass is 249 g/mol. The number of carbonyl (C=O) groups excluding carboxylic acids is 1. The Morgan fingerprint density at radius 1 is 1.44 bits per heavy atom. The average molecular weight is 249 g/mol. The number of fused-ring (bicyclic) bond motifs is 2. The van der Waals surface area contributed by atoms with Crippen LogP contribution in [0, 0.1) is 28.1 Å². The summed E-state index contributed by atoms with van der Waals surface area (Å²) in [4.78, 5) is 11.5. The second kappa shape index (κ2) is 4.55. The van der Waals surface area contributed by atoms with Crippen molar-refractivity contribution in [3.8, 4) is 6.07 Å². The Morgan fingerprint density at radius 2 is 2.17 bits per heavy atom. The summed E-state index contributed by atoms with van der Waals surface area (Å²) in [6, 6.07) is 2.34. The molecule has 0 heterocycles. The van der Waals surface area contributed by atoms with Gasteiger partial charge in [0.05, 0.1) is 12.6 Å². The zero-order valence-corrected chi connectivity index (χ0v) is 11.5. The molecule has 0 aliphatic heterocycles. The first-order valence-corrected chi connectivity index (χ1v) is 6.79. The largest absolute Gasteiger partial charge is 0.342 e. The van der Waals surface area contributed by atoms with Crippen LogP contribution < -0.4 is 10.6 Å². The topological polar surface area (TPSA) is 64.9 Å². The molecular formula is C14H23N3O. The molecule has 0 aromatic rings. The van der Waals surface area contributed by atoms with Crippen molar-refractivity contribution >= 4 is 5.91 Å². The second-order valence-electron chi connectivity index (χ2n) is 6.48. The highest BCUT2D eigenvalue weighted by atomic mass is 16.1. The van der Waals surface area contributed by atoms with E-state index in [0.29, 0.717) is 23.4 Å². The van der Waals surface area contributed by atoms with Crippen LogP contribution in [0.5, 0.6) is 0 Å². The van der Waals surface area contributed by atoms with Gasteiger partial charge in [0.25, 0.3) is 0 Å². The number of hydrogen-bond acceptors (Lipinski definition) is 3. The highest BCUT2D eigenvalue weighted by Crippen LogP contribution is 2.65. The van der Waals surface area contributed by atoms with E-state index >= 15 is 0 Å². The Bertz CT molecular complexity index is 385. The smallest absolute Gasteiger partial charge is 0.234 e. The number of nitrogens with zero attached hydrogens (tertiary/aromatic N) is 1. The Balaban J connectivity index is 1.90. The Hall–Kier alpha value is -1.08. The first-order chi connectivity index (χ1) is 8.41. The lowest BCUT2D eigenvalue weighted by molar-refractivity contribution is -0.120. The Labute approximate surface area is 109 Å². The summed E-state index contributed by atoms with van der Waals surface area (Å²) in [7, 11) is 0. The molecule has 0 unspecified atom stereocenters. The van der Waals surface area contributed by atoms with Gasteiger partial charge in [-0.2, -0.15) is 5.26 Å². The second-order valence-corrected chi connectivity index (χ2v) is 6.48. The van der Waals surface area contributed by atoms with Crippen LogP contribution in [0.15, 0.2) is 0 Å². The fourth-order valence-corrected chi connectivity index (χ4v) is 3.93. The minimum atomic E-state index is -0.0827. The first kappa shape index (κ1) is 13.4. The molecule has 1 amide bonds. The minimum absolute atomic E-state index is 0.0827. The summed E-state index contributed by atoms with van der Waals surface area (Å²) in [6.07, 6.45) is 3.75. The Kier molecular flexibility index (Phi) is 3.37. The Morgan fingerprint density at radius 3 is 2.67 bits per heavy atom. The molecule has 18 heavy (non-hydrogen) atoms. The van der Waals surface area contributed by atoms with Crippen LogP contribution in [0.2, 0.25) is 0 Å². The molecule has 2 rings (SSSR count). The minimum Gasteiger partial charge on any atom is -0.342 e. The van der Waals surface area contributed by atoms with E-state index in [1.807, 2.05) is 6.07 Å². The fraction of sp³-hybridized carbons (Fsp3) is 0.857. The molecule has 2 aliphatic carbocycles. The third-order valence-corrected chi connectivity index (χ3v) is 5.67. The van der Waals surface area contributed by atoms with E-state index in [9.17, 15) is 4.79 Å². The van der Waals surface area contributed by atoms with Gasteiger partial charge in [-0.15, -0.1) is 0 Å². The van der Waals surface area contributed by atoms with E-state index < -0.39 is 0 Å². The van der Waals surface area contributed by atoms with Gasteiger partial charge < -0.3 is 10.6 Å². The lowest BCUT2D eigenvalue weighted by Gasteiger charge is -2.39. The van der Waals surface area contributed by atoms with E-state index in [1.165, 1.54) is 19.3 Å². The highest BCUT2D eigenvalue weighted by molar-refractivity contribution is 5.78. The van der Waals surface area contributed by atoms with Gasteiger partial charge in [-0.05, 0) is 36.0 Å². The predicted molar refractivity (Wildman–Crippen MR) is 69.6 cm³/mol. The highest BCUT2D eigenvalue weighted by Gasteiger charge is 2.60. The van der Waals surface area contributed by atoms with Crippen LogP contribution in [0.3, 0.4) is 0 Å². The standard InChI is InChI=1S/C14H23N3O/c1-13(2)10-4-5-14(13,3)11(8-10)17-9-12(18)16-7-6-15/h10-11,17H,4-5,7-9H2,1-3H3,(H,16,18)/t10-,11+,14-/m0/s1. The number of nitrogens with one attached hydrogen (secondary N) is 2. The molecule has 2 aliphatic rings. The fourth-order valence-electron chi connectivity index (χ4n) is 3.93. The summed E-state index contributed by atoms with van der Waals surface area (Å²) in [5, 5.41) is 14.4. The van der Waals surface area contributed by atoms with Crippen molar-refractivity contribution in [1.29, 1.82) is 5.26 Å². The molecule has 0 saturated heterocycles. The first-order valence-electron chi connectivity index (χ1n) is 6.79. The van der Waals surface area contributed by atoms with Crippen LogP contribution in [0.25, 0.3) is 0 Å². The van der Waals surface area contributed by atoms with Gasteiger partial charge in [-0.3, -0.25) is 4.79 Å². The molecule has 0 aromatic carbocycles. The third kappa shape index (κ3) is 1.91. The van der Waals surface area contributed by atoms with Crippen molar-refractivity contribution in [3.05, 3.63) is 0 Å². The van der Waals surface area contributed by atoms with E-state index in [2.05, 4.69) is 31.4 Å². The van der Waals surface area contributed by atoms with Crippen LogP contribution in [-0.2, 0) is 4.79 Å². The van der Waals surface area contributed by atoms with E-state index in [0.717, 1.165) is 5.92 Å². The molecule has 0 aromatic heterocycles. The molecule has 100 valence electrons. The van der Waals surface area contributed by atoms with Crippen LogP contribution in [0.4, 0.5) is 0 Å². The van der Waals surface area contributed by atoms with E-state index in [1.54, 1.807) is 0 Å². The number of carbonyl (C=O) groups is 1. The van der Waals surface area contributed by atoms with Crippen molar-refractivity contribution in [3.63, 3.8) is 0 Å². The van der Waals surface area contributed by atoms with Gasteiger partial charge in [0.1, 0.15) is 6.54 Å². The SMILES string of the molecule is CC1(C)[C@H]2CC[C@@]1(C)[C@H](NCC(=O)NCC#N)C2. The molecule has 2 bridgehead atoms. The summed E-state index contributed by atoms with van der Waals surface area (Å²) in [6.45, 7) is 7.50. The van der Waals surface area contributed by atoms with Gasteiger partial charge in [0.15, 0.2) is 0 Å². The molecule has 2 N–H and O–H groups in total. The van der Waals surface area contributed by atoms with E-state index in [4.69, 9.17) is 5.26 Å². The molecule has 3 atom stereocenters. The molecule has 2 fully saturated rings. The number of amides is 1. The van der Waals surface area contributed by atoms with E-state index in [-0.39, 0.29) is 12.5 Å². The number of rotatable bonds is 4. The molecule has 0 radical (unpaired) electrons. The molecule has 4 nitrogen and oxygen atoms in total. The van der Waals surface area contributed by atoms with Crippen molar-refractivity contribution in [2.45, 2.75) is 46.1 Å². The average Bonchev–Trinajstić information content (AvgIpc) is 2.66. The summed E-state index contributed by atoms with van der Waals surface area (Å²) >= 11 is 0. The maximum absolute atomic E-state index is 11.5. The summed E-state index contributed by atoms with van der Waals surface area (Å²) < 4.78 is 0. The van der Waals surface area contributed by atoms with Crippen molar-refractivity contribution in [2.24, 2.45) is 16.7 Å². The quantitative estimate of drug-likeness (QED) is 0.741. The third-order valence-electron chi connectivity index (χ3n) is 5.67. The maximum atomic E-state index is 11.5. The number of nitriles is 1. The predicted octanol–water partition coefficient (Wildman–Crippen LogP) is 1.43. The lowest BCUT2D eigenvalue weighted by atomic mass is 9.69. The van der Waals surface area contributed by atoms with Crippen LogP contribution in [-0.4, -0.2) is 25.0 Å². The normalized spacial score (nSPS) is 36.3. The zero-order valence-electron chi connectivity index (χ0n) is 11.5. The van der Waals surface area contributed by atoms with Gasteiger partial charge in [0, 0.05) is 6.04 Å². The van der Waals surface area contributed by atoms with Gasteiger partial charge >= 0.3 is 0 Å². The van der Waals surface area contributed by atoms with Crippen molar-refractivity contribution < 1.29 is 4.79 Å². The molecule has 2 saturated carbocycles. The summed E-state index contributed by atoms with van der Waals surface area (Å²) in [5.41, 5.74) is 0.668. The molecule has 4 heteroatoms. The van der Waals surface area contributed by atoms with Gasteiger partial charge in [-0.25, -0.2) is 0 Å². The number of hydrogen-bond donors (Lipinski definition) is 2. The van der Waals surface area contributed by atoms with Crippen molar-refractivity contribution in [2.75, 3.05) is 13.1 Å². The van der Waals surface area contributed by atoms with Crippen molar-refractivity contribution in [1.82, 2.24) is 10.6 Å². The molecular weight excluding hydrogens is 226 g/mol.